The Balaban J connectivity index is 2.13. The van der Waals surface area contributed by atoms with E-state index in [1.807, 2.05) is 11.8 Å². The first kappa shape index (κ1) is 6.74. The van der Waals surface area contributed by atoms with Gasteiger partial charge in [0.1, 0.15) is 0 Å². The van der Waals surface area contributed by atoms with Crippen molar-refractivity contribution in [3.05, 3.63) is 10.5 Å². The van der Waals surface area contributed by atoms with Gasteiger partial charge in [0.25, 0.3) is 0 Å². The molecular weight excluding hydrogens is 144 g/mol. The van der Waals surface area contributed by atoms with Gasteiger partial charge in [0.2, 0.25) is 0 Å². The van der Waals surface area contributed by atoms with Crippen molar-refractivity contribution < 1.29 is 5.11 Å². The molecule has 1 aliphatic heterocycles. The third kappa shape index (κ3) is 1.10. The van der Waals surface area contributed by atoms with Gasteiger partial charge in [-0.15, -0.1) is 11.8 Å². The Kier molecular flexibility index (Phi) is 1.75. The zero-order valence-corrected chi connectivity index (χ0v) is 6.78. The highest BCUT2D eigenvalue weighted by Gasteiger charge is 2.22. The van der Waals surface area contributed by atoms with Gasteiger partial charge in [0.05, 0.1) is 6.10 Å². The summed E-state index contributed by atoms with van der Waals surface area (Å²) in [7, 11) is 0. The van der Waals surface area contributed by atoms with Crippen molar-refractivity contribution in [1.29, 1.82) is 0 Å². The van der Waals surface area contributed by atoms with E-state index in [-0.39, 0.29) is 6.10 Å². The number of hydrogen-bond donors (Lipinski definition) is 1. The van der Waals surface area contributed by atoms with Crippen molar-refractivity contribution in [1.82, 2.24) is 0 Å². The van der Waals surface area contributed by atoms with Crippen LogP contribution in [0.2, 0.25) is 0 Å². The molecule has 0 spiro atoms. The fourth-order valence-electron chi connectivity index (χ4n) is 1.71. The molecule has 10 heavy (non-hydrogen) atoms. The second-order valence-electron chi connectivity index (χ2n) is 3.05. The molecule has 0 bridgehead atoms. The average Bonchev–Trinajstić information content (AvgIpc) is 2.33. The first-order valence-corrected chi connectivity index (χ1v) is 4.86. The maximum absolute atomic E-state index is 9.30. The minimum atomic E-state index is -0.0538. The van der Waals surface area contributed by atoms with Gasteiger partial charge in [0, 0.05) is 5.75 Å². The monoisotopic (exact) mass is 156 g/mol. The molecule has 0 radical (unpaired) electrons. The van der Waals surface area contributed by atoms with Crippen LogP contribution in [-0.2, 0) is 0 Å². The molecule has 1 nitrogen and oxygen atoms in total. The van der Waals surface area contributed by atoms with Crippen molar-refractivity contribution in [3.8, 4) is 0 Å². The molecule has 1 heterocycles. The lowest BCUT2D eigenvalue weighted by Crippen LogP contribution is -2.14. The van der Waals surface area contributed by atoms with Crippen LogP contribution in [0.25, 0.3) is 0 Å². The normalized spacial score (nSPS) is 32.7. The van der Waals surface area contributed by atoms with Crippen molar-refractivity contribution in [2.75, 3.05) is 5.75 Å². The first-order chi connectivity index (χ1) is 4.86. The highest BCUT2D eigenvalue weighted by molar-refractivity contribution is 8.03. The molecule has 1 atom stereocenters. The van der Waals surface area contributed by atoms with Crippen molar-refractivity contribution in [3.63, 3.8) is 0 Å². The van der Waals surface area contributed by atoms with Gasteiger partial charge in [-0.25, -0.2) is 0 Å². The minimum absolute atomic E-state index is 0.0538. The molecule has 0 saturated heterocycles. The quantitative estimate of drug-likeness (QED) is 0.578. The fraction of sp³-hybridized carbons (Fsp3) is 0.750. The summed E-state index contributed by atoms with van der Waals surface area (Å²) in [5, 5.41) is 9.30. The predicted octanol–water partition coefficient (Wildman–Crippen LogP) is 1.92. The number of hydrogen-bond acceptors (Lipinski definition) is 2. The summed E-state index contributed by atoms with van der Waals surface area (Å²) in [5.41, 5.74) is 1.55. The van der Waals surface area contributed by atoms with Gasteiger partial charge in [-0.3, -0.25) is 0 Å². The predicted molar refractivity (Wildman–Crippen MR) is 44.0 cm³/mol. The molecule has 1 unspecified atom stereocenters. The summed E-state index contributed by atoms with van der Waals surface area (Å²) in [6, 6.07) is 0. The van der Waals surface area contributed by atoms with E-state index in [1.165, 1.54) is 19.3 Å². The lowest BCUT2D eigenvalue weighted by Gasteiger charge is -2.18. The highest BCUT2D eigenvalue weighted by Crippen LogP contribution is 2.40. The Morgan fingerprint density at radius 2 is 2.30 bits per heavy atom. The Morgan fingerprint density at radius 1 is 1.40 bits per heavy atom. The molecule has 0 aromatic rings. The fourth-order valence-corrected chi connectivity index (χ4v) is 2.90. The molecular formula is C8H12OS. The molecule has 0 fully saturated rings. The molecule has 56 valence electrons. The molecule has 2 aliphatic rings. The maximum Gasteiger partial charge on any atom is 0.0671 e. The first-order valence-electron chi connectivity index (χ1n) is 3.88. The van der Waals surface area contributed by atoms with Crippen LogP contribution in [0, 0.1) is 0 Å². The number of aliphatic hydroxyl groups is 1. The lowest BCUT2D eigenvalue weighted by atomic mass is 10.1. The summed E-state index contributed by atoms with van der Waals surface area (Å²) < 4.78 is 0. The van der Waals surface area contributed by atoms with Gasteiger partial charge in [-0.2, -0.15) is 0 Å². The summed E-state index contributed by atoms with van der Waals surface area (Å²) >= 11 is 1.87. The van der Waals surface area contributed by atoms with Crippen LogP contribution in [0.15, 0.2) is 10.5 Å². The second-order valence-corrected chi connectivity index (χ2v) is 4.16. The van der Waals surface area contributed by atoms with Crippen molar-refractivity contribution in [2.45, 2.75) is 31.8 Å². The van der Waals surface area contributed by atoms with E-state index in [1.54, 1.807) is 10.5 Å². The van der Waals surface area contributed by atoms with Crippen LogP contribution in [0.5, 0.6) is 0 Å². The van der Waals surface area contributed by atoms with Gasteiger partial charge < -0.3 is 5.11 Å². The maximum atomic E-state index is 9.30. The number of aliphatic hydroxyl groups excluding tert-OH is 1. The average molecular weight is 156 g/mol. The van der Waals surface area contributed by atoms with Crippen LogP contribution in [-0.4, -0.2) is 17.0 Å². The molecule has 0 aromatic heterocycles. The van der Waals surface area contributed by atoms with Gasteiger partial charge >= 0.3 is 0 Å². The van der Waals surface area contributed by atoms with E-state index >= 15 is 0 Å². The Morgan fingerprint density at radius 3 is 3.20 bits per heavy atom. The Hall–Kier alpha value is 0.0500. The number of rotatable bonds is 0. The van der Waals surface area contributed by atoms with Gasteiger partial charge in [-0.05, 0) is 30.6 Å². The van der Waals surface area contributed by atoms with Gasteiger partial charge in [-0.1, -0.05) is 5.57 Å². The topological polar surface area (TPSA) is 20.2 Å². The second kappa shape index (κ2) is 2.59. The third-order valence-electron chi connectivity index (χ3n) is 2.21. The summed E-state index contributed by atoms with van der Waals surface area (Å²) in [6.45, 7) is 0. The minimum Gasteiger partial charge on any atom is -0.392 e. The molecule has 0 aromatic carbocycles. The molecule has 1 aliphatic carbocycles. The molecule has 1 N–H and O–H groups in total. The van der Waals surface area contributed by atoms with Crippen LogP contribution in [0.1, 0.15) is 25.7 Å². The molecule has 2 heteroatoms. The molecule has 0 saturated carbocycles. The van der Waals surface area contributed by atoms with E-state index in [0.717, 1.165) is 12.2 Å². The van der Waals surface area contributed by atoms with E-state index < -0.39 is 0 Å². The van der Waals surface area contributed by atoms with Crippen LogP contribution >= 0.6 is 11.8 Å². The zero-order chi connectivity index (χ0) is 6.97. The van der Waals surface area contributed by atoms with E-state index in [4.69, 9.17) is 0 Å². The number of thioether (sulfide) groups is 1. The van der Waals surface area contributed by atoms with Crippen LogP contribution in [0.4, 0.5) is 0 Å². The largest absolute Gasteiger partial charge is 0.392 e. The van der Waals surface area contributed by atoms with Crippen molar-refractivity contribution >= 4 is 11.8 Å². The Labute approximate surface area is 65.5 Å². The molecule has 2 rings (SSSR count). The van der Waals surface area contributed by atoms with E-state index in [9.17, 15) is 5.11 Å². The van der Waals surface area contributed by atoms with E-state index in [2.05, 4.69) is 0 Å². The summed E-state index contributed by atoms with van der Waals surface area (Å²) in [6.07, 6.45) is 4.76. The van der Waals surface area contributed by atoms with Gasteiger partial charge in [0.15, 0.2) is 0 Å². The van der Waals surface area contributed by atoms with E-state index in [0.29, 0.717) is 0 Å². The standard InChI is InChI=1S/C8H12OS/c9-7-4-6-2-1-3-8(6)10-5-7/h7,9H,1-5H2. The lowest BCUT2D eigenvalue weighted by molar-refractivity contribution is 0.198. The third-order valence-corrected chi connectivity index (χ3v) is 3.60. The zero-order valence-electron chi connectivity index (χ0n) is 5.97. The summed E-state index contributed by atoms with van der Waals surface area (Å²) in [5.74, 6) is 0.929. The SMILES string of the molecule is OC1CSC2=C(CCC2)C1. The molecule has 0 amide bonds. The summed E-state index contributed by atoms with van der Waals surface area (Å²) in [4.78, 5) is 1.59. The number of allylic oxidation sites excluding steroid dienone is 1. The van der Waals surface area contributed by atoms with Crippen molar-refractivity contribution in [2.24, 2.45) is 0 Å². The Bertz CT molecular complexity index is 174. The smallest absolute Gasteiger partial charge is 0.0671 e. The van der Waals surface area contributed by atoms with Crippen LogP contribution < -0.4 is 0 Å². The highest BCUT2D eigenvalue weighted by atomic mass is 32.2. The van der Waals surface area contributed by atoms with Crippen LogP contribution in [0.3, 0.4) is 0 Å².